The van der Waals surface area contributed by atoms with Crippen LogP contribution in [0.15, 0.2) is 60.9 Å². The molecule has 33 heavy (non-hydrogen) atoms. The summed E-state index contributed by atoms with van der Waals surface area (Å²) in [7, 11) is 1.53. The van der Waals surface area contributed by atoms with Crippen LogP contribution in [0, 0.1) is 5.82 Å². The zero-order valence-electron chi connectivity index (χ0n) is 18.9. The van der Waals surface area contributed by atoms with Crippen molar-refractivity contribution in [3.05, 3.63) is 83.4 Å². The molecule has 1 unspecified atom stereocenters. The minimum Gasteiger partial charge on any atom is -0.497 e. The van der Waals surface area contributed by atoms with Crippen LogP contribution in [0.2, 0.25) is 0 Å². The Morgan fingerprint density at radius 1 is 1.21 bits per heavy atom. The summed E-state index contributed by atoms with van der Waals surface area (Å²) in [6, 6.07) is 9.78. The lowest BCUT2D eigenvalue weighted by Gasteiger charge is -2.36. The molecule has 2 aromatic carbocycles. The molecule has 4 nitrogen and oxygen atoms in total. The van der Waals surface area contributed by atoms with E-state index in [1.807, 2.05) is 5.73 Å². The van der Waals surface area contributed by atoms with E-state index in [9.17, 15) is 27.5 Å². The summed E-state index contributed by atoms with van der Waals surface area (Å²) in [5.74, 6) is -0.734. The maximum absolute atomic E-state index is 14.0. The smallest absolute Gasteiger partial charge is 0.421 e. The lowest BCUT2D eigenvalue weighted by Crippen LogP contribution is -2.47. The Morgan fingerprint density at radius 3 is 2.33 bits per heavy atom. The van der Waals surface area contributed by atoms with Crippen molar-refractivity contribution in [2.45, 2.75) is 50.4 Å². The molecule has 2 rings (SSSR count). The molecular weight excluding hydrogens is 438 g/mol. The summed E-state index contributed by atoms with van der Waals surface area (Å²) >= 11 is 0. The summed E-state index contributed by atoms with van der Waals surface area (Å²) in [4.78, 5) is 13.0. The van der Waals surface area contributed by atoms with Crippen LogP contribution in [-0.4, -0.2) is 29.9 Å². The van der Waals surface area contributed by atoms with Crippen LogP contribution in [-0.2, 0) is 5.41 Å². The molecule has 0 aliphatic carbocycles. The Morgan fingerprint density at radius 2 is 1.82 bits per heavy atom. The Bertz CT molecular complexity index is 1040. The van der Waals surface area contributed by atoms with Crippen molar-refractivity contribution in [1.29, 1.82) is 0 Å². The molecule has 0 aliphatic heterocycles. The number of halogens is 4. The first kappa shape index (κ1) is 26.2. The van der Waals surface area contributed by atoms with Gasteiger partial charge in [-0.2, -0.15) is 13.2 Å². The van der Waals surface area contributed by atoms with Gasteiger partial charge in [-0.15, -0.1) is 5.73 Å². The number of benzene rings is 2. The van der Waals surface area contributed by atoms with Crippen molar-refractivity contribution in [1.82, 2.24) is 5.32 Å². The average molecular weight is 465 g/mol. The molecule has 2 N–H and O–H groups in total. The quantitative estimate of drug-likeness (QED) is 0.393. The van der Waals surface area contributed by atoms with Crippen LogP contribution in [0.1, 0.15) is 54.7 Å². The summed E-state index contributed by atoms with van der Waals surface area (Å²) in [5.41, 5.74) is -1.81. The van der Waals surface area contributed by atoms with Crippen molar-refractivity contribution >= 4 is 5.91 Å². The first-order chi connectivity index (χ1) is 15.2. The fourth-order valence-corrected chi connectivity index (χ4v) is 3.72. The second-order valence-corrected chi connectivity index (χ2v) is 8.49. The minimum absolute atomic E-state index is 0.118. The highest BCUT2D eigenvalue weighted by Crippen LogP contribution is 2.42. The van der Waals surface area contributed by atoms with Crippen LogP contribution in [0.25, 0.3) is 0 Å². The molecule has 8 heteroatoms. The summed E-state index contributed by atoms with van der Waals surface area (Å²) in [5, 5.41) is 13.0. The number of amides is 1. The first-order valence-electron chi connectivity index (χ1n) is 10.1. The van der Waals surface area contributed by atoms with Gasteiger partial charge in [0.2, 0.25) is 0 Å². The van der Waals surface area contributed by atoms with E-state index < -0.39 is 41.4 Å². The van der Waals surface area contributed by atoms with Crippen molar-refractivity contribution in [2.24, 2.45) is 0 Å². The molecule has 0 radical (unpaired) electrons. The number of hydrogen-bond donors (Lipinski definition) is 2. The van der Waals surface area contributed by atoms with E-state index in [0.717, 1.165) is 17.7 Å². The van der Waals surface area contributed by atoms with Crippen LogP contribution < -0.4 is 10.1 Å². The normalized spacial score (nSPS) is 14.6. The van der Waals surface area contributed by atoms with Gasteiger partial charge in [0.05, 0.1) is 13.2 Å². The molecule has 0 aliphatic rings. The monoisotopic (exact) mass is 465 g/mol. The lowest BCUT2D eigenvalue weighted by atomic mass is 9.73. The predicted molar refractivity (Wildman–Crippen MR) is 118 cm³/mol. The molecule has 0 saturated heterocycles. The molecule has 178 valence electrons. The van der Waals surface area contributed by atoms with E-state index in [-0.39, 0.29) is 11.1 Å². The minimum atomic E-state index is -5.00. The maximum atomic E-state index is 14.0. The van der Waals surface area contributed by atoms with Gasteiger partial charge in [0.15, 0.2) is 5.60 Å². The molecular formula is C25H27F4NO3. The summed E-state index contributed by atoms with van der Waals surface area (Å²) in [6.45, 7) is 7.74. The number of aliphatic hydroxyl groups is 1. The Labute approximate surface area is 190 Å². The molecule has 0 bridgehead atoms. The van der Waals surface area contributed by atoms with Crippen molar-refractivity contribution in [3.63, 3.8) is 0 Å². The number of carbonyl (C=O) groups excluding carboxylic acids is 1. The number of ether oxygens (including phenoxy) is 1. The second-order valence-electron chi connectivity index (χ2n) is 8.49. The van der Waals surface area contributed by atoms with Crippen LogP contribution in [0.5, 0.6) is 5.75 Å². The number of alkyl halides is 3. The van der Waals surface area contributed by atoms with Gasteiger partial charge in [0, 0.05) is 5.56 Å². The molecule has 0 saturated carbocycles. The Balaban J connectivity index is 2.40. The predicted octanol–water partition coefficient (Wildman–Crippen LogP) is 5.63. The highest BCUT2D eigenvalue weighted by molar-refractivity contribution is 5.96. The van der Waals surface area contributed by atoms with Crippen molar-refractivity contribution < 1.29 is 32.2 Å². The molecule has 0 aromatic heterocycles. The SMILES string of the molecule is C=C=CC(O)(CC(C)(C)c1ccc(F)cc1C(=O)N[C@@H](C)c1ccc(OC)cc1)C(F)(F)F. The number of nitrogens with one attached hydrogen (secondary N) is 1. The van der Waals surface area contributed by atoms with Crippen molar-refractivity contribution in [3.8, 4) is 5.75 Å². The highest BCUT2D eigenvalue weighted by atomic mass is 19.4. The zero-order valence-corrected chi connectivity index (χ0v) is 18.9. The fraction of sp³-hybridized carbons (Fsp3) is 0.360. The Kier molecular flexibility index (Phi) is 7.78. The van der Waals surface area contributed by atoms with Crippen LogP contribution in [0.4, 0.5) is 17.6 Å². The van der Waals surface area contributed by atoms with Crippen LogP contribution in [0.3, 0.4) is 0 Å². The standard InChI is InChI=1S/C25H27F4NO3/c1-6-13-24(32,25(27,28)29)15-23(3,4)21-12-9-18(26)14-20(21)22(31)30-16(2)17-7-10-19(33-5)11-8-17/h7-14,16,32H,1,15H2,2-5H3,(H,30,31)/t16-,24?/m0/s1. The number of carbonyl (C=O) groups is 1. The van der Waals surface area contributed by atoms with Gasteiger partial charge in [-0.25, -0.2) is 4.39 Å². The van der Waals surface area contributed by atoms with Gasteiger partial charge in [0.1, 0.15) is 11.6 Å². The third-order valence-electron chi connectivity index (χ3n) is 5.46. The average Bonchev–Trinajstić information content (AvgIpc) is 2.72. The third-order valence-corrected chi connectivity index (χ3v) is 5.46. The van der Waals surface area contributed by atoms with E-state index in [1.54, 1.807) is 31.2 Å². The maximum Gasteiger partial charge on any atom is 0.421 e. The molecule has 0 heterocycles. The van der Waals surface area contributed by atoms with Gasteiger partial charge >= 0.3 is 6.18 Å². The highest BCUT2D eigenvalue weighted by Gasteiger charge is 2.54. The van der Waals surface area contributed by atoms with E-state index in [4.69, 9.17) is 4.74 Å². The van der Waals surface area contributed by atoms with E-state index in [1.165, 1.54) is 27.0 Å². The third kappa shape index (κ3) is 6.03. The van der Waals surface area contributed by atoms with Gasteiger partial charge in [-0.3, -0.25) is 4.79 Å². The van der Waals surface area contributed by atoms with Gasteiger partial charge < -0.3 is 15.2 Å². The molecule has 0 spiro atoms. The first-order valence-corrected chi connectivity index (χ1v) is 10.1. The van der Waals surface area contributed by atoms with E-state index in [0.29, 0.717) is 11.8 Å². The molecule has 2 atom stereocenters. The largest absolute Gasteiger partial charge is 0.497 e. The number of hydrogen-bond acceptors (Lipinski definition) is 3. The molecule has 0 fully saturated rings. The van der Waals surface area contributed by atoms with Gasteiger partial charge in [-0.1, -0.05) is 38.6 Å². The topological polar surface area (TPSA) is 58.6 Å². The summed E-state index contributed by atoms with van der Waals surface area (Å²) < 4.78 is 59.9. The van der Waals surface area contributed by atoms with Crippen molar-refractivity contribution in [2.75, 3.05) is 7.11 Å². The van der Waals surface area contributed by atoms with Gasteiger partial charge in [0.25, 0.3) is 5.91 Å². The Hall–Kier alpha value is -3.09. The molecule has 1 amide bonds. The lowest BCUT2D eigenvalue weighted by molar-refractivity contribution is -0.245. The zero-order chi connectivity index (χ0) is 25.0. The van der Waals surface area contributed by atoms with Crippen LogP contribution >= 0.6 is 0 Å². The fourth-order valence-electron chi connectivity index (χ4n) is 3.72. The van der Waals surface area contributed by atoms with Gasteiger partial charge in [-0.05, 0) is 60.2 Å². The van der Waals surface area contributed by atoms with E-state index >= 15 is 0 Å². The number of methoxy groups -OCH3 is 1. The second kappa shape index (κ2) is 9.81. The molecule has 2 aromatic rings. The number of rotatable bonds is 8. The van der Waals surface area contributed by atoms with E-state index in [2.05, 4.69) is 11.9 Å². The summed E-state index contributed by atoms with van der Waals surface area (Å²) in [6.07, 6.45) is -5.38.